The van der Waals surface area contributed by atoms with Crippen molar-refractivity contribution in [2.75, 3.05) is 0 Å². The Morgan fingerprint density at radius 3 is 1.40 bits per heavy atom. The van der Waals surface area contributed by atoms with Crippen LogP contribution >= 0.6 is 0 Å². The zero-order valence-corrected chi connectivity index (χ0v) is 17.3. The minimum atomic E-state index is 1.12. The van der Waals surface area contributed by atoms with Gasteiger partial charge in [-0.3, -0.25) is 0 Å². The van der Waals surface area contributed by atoms with Crippen LogP contribution in [0.25, 0.3) is 33.7 Å². The van der Waals surface area contributed by atoms with E-state index in [0.29, 0.717) is 0 Å². The summed E-state index contributed by atoms with van der Waals surface area (Å²) in [6, 6.07) is 26.9. The van der Waals surface area contributed by atoms with Crippen LogP contribution < -0.4 is 0 Å². The molecule has 146 valence electrons. The molecule has 0 unspecified atom stereocenters. The quantitative estimate of drug-likeness (QED) is 0.304. The third-order valence-corrected chi connectivity index (χ3v) is 6.85. The van der Waals surface area contributed by atoms with Crippen LogP contribution in [-0.2, 0) is 12.8 Å². The molecule has 30 heavy (non-hydrogen) atoms. The molecule has 0 aromatic heterocycles. The number of hydrogen-bond acceptors (Lipinski definition) is 0. The Morgan fingerprint density at radius 2 is 0.933 bits per heavy atom. The highest BCUT2D eigenvalue weighted by atomic mass is 14.2. The summed E-state index contributed by atoms with van der Waals surface area (Å²) in [6.07, 6.45) is 12.1. The predicted octanol–water partition coefficient (Wildman–Crippen LogP) is 8.13. The smallest absolute Gasteiger partial charge is 0.00574 e. The summed E-state index contributed by atoms with van der Waals surface area (Å²) in [5, 5.41) is 5.67. The van der Waals surface area contributed by atoms with Gasteiger partial charge >= 0.3 is 0 Å². The zero-order chi connectivity index (χ0) is 19.9. The van der Waals surface area contributed by atoms with Crippen molar-refractivity contribution in [1.82, 2.24) is 0 Å². The molecule has 0 N–H and O–H groups in total. The van der Waals surface area contributed by atoms with Gasteiger partial charge in [0.1, 0.15) is 0 Å². The largest absolute Gasteiger partial charge is 0.0652 e. The Kier molecular flexibility index (Phi) is 4.30. The fourth-order valence-electron chi connectivity index (χ4n) is 5.49. The van der Waals surface area contributed by atoms with E-state index in [-0.39, 0.29) is 0 Å². The van der Waals surface area contributed by atoms with Gasteiger partial charge in [-0.15, -0.1) is 0 Å². The van der Waals surface area contributed by atoms with Crippen LogP contribution in [0.15, 0.2) is 83.9 Å². The second kappa shape index (κ2) is 7.29. The molecule has 0 amide bonds. The first-order valence-electron chi connectivity index (χ1n) is 11.3. The number of rotatable bonds is 5. The number of benzene rings is 4. The molecule has 4 aromatic rings. The standard InChI is InChI=1S/C30H26/c1(7-21-17-25-13-3-9-23-10-4-14-26(18-21)29(23)25)2-8-22-19-27-15-5-11-24-12-6-16-28(20-22)30(24)27/h3-6,9-17,19H,1-2,7-8,18,20H2. The predicted molar refractivity (Wildman–Crippen MR) is 130 cm³/mol. The Bertz CT molecular complexity index is 1220. The van der Waals surface area contributed by atoms with E-state index in [0.717, 1.165) is 12.8 Å². The van der Waals surface area contributed by atoms with Gasteiger partial charge in [-0.25, -0.2) is 0 Å². The maximum atomic E-state index is 2.45. The second-order valence-electron chi connectivity index (χ2n) is 8.89. The summed E-state index contributed by atoms with van der Waals surface area (Å²) < 4.78 is 0. The molecule has 2 aliphatic carbocycles. The van der Waals surface area contributed by atoms with Crippen molar-refractivity contribution in [1.29, 1.82) is 0 Å². The first-order chi connectivity index (χ1) is 14.8. The molecule has 0 nitrogen and oxygen atoms in total. The molecule has 0 spiro atoms. The van der Waals surface area contributed by atoms with Gasteiger partial charge in [-0.2, -0.15) is 0 Å². The van der Waals surface area contributed by atoms with Crippen molar-refractivity contribution >= 4 is 33.7 Å². The van der Waals surface area contributed by atoms with Crippen LogP contribution in [0.4, 0.5) is 0 Å². The van der Waals surface area contributed by atoms with E-state index in [9.17, 15) is 0 Å². The third kappa shape index (κ3) is 3.08. The van der Waals surface area contributed by atoms with Crippen LogP contribution in [0.2, 0.25) is 0 Å². The van der Waals surface area contributed by atoms with E-state index in [1.165, 1.54) is 69.5 Å². The van der Waals surface area contributed by atoms with Crippen molar-refractivity contribution in [2.24, 2.45) is 0 Å². The Hall–Kier alpha value is -3.12. The SMILES string of the molecule is C1=C(CCCCC2=Cc3cccc4cccc(c34)C2)Cc2cccc3cccc1c23. The number of unbranched alkanes of at least 4 members (excludes halogenated alkanes) is 1. The van der Waals surface area contributed by atoms with Gasteiger partial charge in [0, 0.05) is 0 Å². The van der Waals surface area contributed by atoms with Crippen molar-refractivity contribution in [2.45, 2.75) is 38.5 Å². The lowest BCUT2D eigenvalue weighted by atomic mass is 9.85. The summed E-state index contributed by atoms with van der Waals surface area (Å²) in [7, 11) is 0. The highest BCUT2D eigenvalue weighted by Gasteiger charge is 2.15. The molecule has 0 fully saturated rings. The summed E-state index contributed by atoms with van der Waals surface area (Å²) in [4.78, 5) is 0. The van der Waals surface area contributed by atoms with E-state index < -0.39 is 0 Å². The Labute approximate surface area is 178 Å². The fraction of sp³-hybridized carbons (Fsp3) is 0.200. The van der Waals surface area contributed by atoms with E-state index >= 15 is 0 Å². The number of allylic oxidation sites excluding steroid dienone is 2. The molecule has 0 bridgehead atoms. The lowest BCUT2D eigenvalue weighted by Crippen LogP contribution is -2.01. The average Bonchev–Trinajstić information content (AvgIpc) is 2.78. The second-order valence-corrected chi connectivity index (χ2v) is 8.89. The van der Waals surface area contributed by atoms with Gasteiger partial charge in [-0.05, 0) is 82.3 Å². The summed E-state index contributed by atoms with van der Waals surface area (Å²) in [5.74, 6) is 0. The Morgan fingerprint density at radius 1 is 0.500 bits per heavy atom. The van der Waals surface area contributed by atoms with E-state index in [1.54, 1.807) is 11.1 Å². The minimum absolute atomic E-state index is 1.12. The van der Waals surface area contributed by atoms with Gasteiger partial charge in [0.25, 0.3) is 0 Å². The van der Waals surface area contributed by atoms with Crippen molar-refractivity contribution in [3.05, 3.63) is 106 Å². The van der Waals surface area contributed by atoms with E-state index in [4.69, 9.17) is 0 Å². The van der Waals surface area contributed by atoms with Gasteiger partial charge in [0.15, 0.2) is 0 Å². The molecular weight excluding hydrogens is 360 g/mol. The summed E-state index contributed by atoms with van der Waals surface area (Å²) in [6.45, 7) is 0. The molecule has 0 saturated heterocycles. The first-order valence-corrected chi connectivity index (χ1v) is 11.3. The Balaban J connectivity index is 1.13. The van der Waals surface area contributed by atoms with Gasteiger partial charge in [0.2, 0.25) is 0 Å². The molecule has 0 aliphatic heterocycles. The highest BCUT2D eigenvalue weighted by Crippen LogP contribution is 2.35. The zero-order valence-electron chi connectivity index (χ0n) is 17.3. The molecule has 0 saturated carbocycles. The van der Waals surface area contributed by atoms with Gasteiger partial charge < -0.3 is 0 Å². The lowest BCUT2D eigenvalue weighted by molar-refractivity contribution is 0.712. The molecule has 0 radical (unpaired) electrons. The maximum Gasteiger partial charge on any atom is -0.00574 e. The topological polar surface area (TPSA) is 0 Å². The maximum absolute atomic E-state index is 2.45. The fourth-order valence-corrected chi connectivity index (χ4v) is 5.49. The summed E-state index contributed by atoms with van der Waals surface area (Å²) >= 11 is 0. The van der Waals surface area contributed by atoms with Crippen LogP contribution in [0.1, 0.15) is 47.9 Å². The molecular formula is C30H26. The van der Waals surface area contributed by atoms with Crippen molar-refractivity contribution < 1.29 is 0 Å². The molecule has 2 aliphatic rings. The van der Waals surface area contributed by atoms with Gasteiger partial charge in [-0.1, -0.05) is 96.1 Å². The molecule has 0 heteroatoms. The monoisotopic (exact) mass is 386 g/mol. The number of hydrogen-bond donors (Lipinski definition) is 0. The van der Waals surface area contributed by atoms with Crippen LogP contribution in [-0.4, -0.2) is 0 Å². The van der Waals surface area contributed by atoms with E-state index in [1.807, 2.05) is 0 Å². The summed E-state index contributed by atoms with van der Waals surface area (Å²) in [5.41, 5.74) is 9.00. The van der Waals surface area contributed by atoms with Crippen molar-refractivity contribution in [3.8, 4) is 0 Å². The normalized spacial score (nSPS) is 14.7. The van der Waals surface area contributed by atoms with E-state index in [2.05, 4.69) is 84.9 Å². The van der Waals surface area contributed by atoms with Crippen LogP contribution in [0.5, 0.6) is 0 Å². The van der Waals surface area contributed by atoms with Crippen LogP contribution in [0, 0.1) is 0 Å². The van der Waals surface area contributed by atoms with Crippen molar-refractivity contribution in [3.63, 3.8) is 0 Å². The molecule has 4 aromatic carbocycles. The van der Waals surface area contributed by atoms with Crippen LogP contribution in [0.3, 0.4) is 0 Å². The third-order valence-electron chi connectivity index (χ3n) is 6.85. The first kappa shape index (κ1) is 17.7. The van der Waals surface area contributed by atoms with Gasteiger partial charge in [0.05, 0.1) is 0 Å². The molecule has 6 rings (SSSR count). The molecule has 0 atom stereocenters. The lowest BCUT2D eigenvalue weighted by Gasteiger charge is -2.19. The highest BCUT2D eigenvalue weighted by molar-refractivity contribution is 5.96. The minimum Gasteiger partial charge on any atom is -0.0652 e. The average molecular weight is 387 g/mol. The molecule has 0 heterocycles.